The summed E-state index contributed by atoms with van der Waals surface area (Å²) in [5.41, 5.74) is 1.27. The molecule has 0 unspecified atom stereocenters. The number of hydrogen-bond donors (Lipinski definition) is 0. The minimum Gasteiger partial charge on any atom is -0.460 e. The number of carbonyl (C=O) groups excluding carboxylic acids is 1. The number of aromatic nitrogens is 1. The smallest absolute Gasteiger partial charge is 0.306 e. The summed E-state index contributed by atoms with van der Waals surface area (Å²) in [5.74, 6) is -0.162. The number of carbonyl (C=O) groups is 1. The van der Waals surface area contributed by atoms with E-state index in [0.717, 1.165) is 12.1 Å². The van der Waals surface area contributed by atoms with Crippen LogP contribution in [0.5, 0.6) is 0 Å². The lowest BCUT2D eigenvalue weighted by Crippen LogP contribution is -2.43. The number of ether oxygens (including phenoxy) is 2. The monoisotopic (exact) mass is 382 g/mol. The lowest BCUT2D eigenvalue weighted by molar-refractivity contribution is -0.155. The summed E-state index contributed by atoms with van der Waals surface area (Å²) in [6.45, 7) is 9.11. The van der Waals surface area contributed by atoms with Gasteiger partial charge in [0.2, 0.25) is 0 Å². The Bertz CT molecular complexity index is 773. The van der Waals surface area contributed by atoms with Gasteiger partial charge in [-0.1, -0.05) is 30.3 Å². The third-order valence-corrected chi connectivity index (χ3v) is 5.06. The molecule has 0 spiro atoms. The first-order valence-corrected chi connectivity index (χ1v) is 9.85. The zero-order valence-electron chi connectivity index (χ0n) is 17.2. The summed E-state index contributed by atoms with van der Waals surface area (Å²) >= 11 is 0. The fourth-order valence-electron chi connectivity index (χ4n) is 3.67. The third-order valence-electron chi connectivity index (χ3n) is 5.06. The first-order chi connectivity index (χ1) is 13.3. The van der Waals surface area contributed by atoms with Crippen molar-refractivity contribution in [1.29, 1.82) is 0 Å². The Morgan fingerprint density at radius 1 is 1.21 bits per heavy atom. The van der Waals surface area contributed by atoms with Crippen molar-refractivity contribution in [3.05, 3.63) is 66.0 Å². The normalized spacial score (nSPS) is 22.9. The maximum Gasteiger partial charge on any atom is 0.306 e. The maximum absolute atomic E-state index is 12.2. The number of esters is 1. The highest BCUT2D eigenvalue weighted by Gasteiger charge is 2.45. The zero-order chi connectivity index (χ0) is 20.2. The van der Waals surface area contributed by atoms with Crippen LogP contribution in [0.2, 0.25) is 0 Å². The fraction of sp³-hybridized carbons (Fsp3) is 0.478. The van der Waals surface area contributed by atoms with Crippen molar-refractivity contribution < 1.29 is 14.3 Å². The van der Waals surface area contributed by atoms with Crippen molar-refractivity contribution in [3.8, 4) is 0 Å². The Kier molecular flexibility index (Phi) is 6.16. The summed E-state index contributed by atoms with van der Waals surface area (Å²) in [5, 5.41) is 0. The number of rotatable bonds is 6. The van der Waals surface area contributed by atoms with E-state index in [4.69, 9.17) is 9.47 Å². The Balaban J connectivity index is 1.78. The lowest BCUT2D eigenvalue weighted by atomic mass is 10.0. The van der Waals surface area contributed by atoms with Gasteiger partial charge in [-0.05, 0) is 51.8 Å². The van der Waals surface area contributed by atoms with E-state index in [-0.39, 0.29) is 12.0 Å². The molecule has 1 aliphatic heterocycles. The second-order valence-electron chi connectivity index (χ2n) is 8.42. The van der Waals surface area contributed by atoms with Gasteiger partial charge >= 0.3 is 5.97 Å². The highest BCUT2D eigenvalue weighted by atomic mass is 16.6. The van der Waals surface area contributed by atoms with Crippen LogP contribution in [-0.2, 0) is 26.5 Å². The molecular formula is C23H30N2O3. The second kappa shape index (κ2) is 8.41. The van der Waals surface area contributed by atoms with E-state index >= 15 is 0 Å². The molecule has 3 rings (SSSR count). The molecule has 5 heteroatoms. The van der Waals surface area contributed by atoms with E-state index in [1.807, 2.05) is 51.1 Å². The van der Waals surface area contributed by atoms with Crippen molar-refractivity contribution in [1.82, 2.24) is 9.88 Å². The van der Waals surface area contributed by atoms with Gasteiger partial charge in [0.1, 0.15) is 11.3 Å². The average Bonchev–Trinajstić information content (AvgIpc) is 2.97. The van der Waals surface area contributed by atoms with E-state index < -0.39 is 11.3 Å². The summed E-state index contributed by atoms with van der Waals surface area (Å²) < 4.78 is 11.8. The van der Waals surface area contributed by atoms with Crippen molar-refractivity contribution in [2.45, 2.75) is 64.4 Å². The van der Waals surface area contributed by atoms with Crippen LogP contribution in [0.4, 0.5) is 0 Å². The molecule has 0 radical (unpaired) electrons. The van der Waals surface area contributed by atoms with Gasteiger partial charge in [0, 0.05) is 37.0 Å². The maximum atomic E-state index is 12.2. The molecule has 2 atom stereocenters. The van der Waals surface area contributed by atoms with Gasteiger partial charge in [0.05, 0.1) is 6.61 Å². The standard InChI is InChI=1S/C23H30N2O3/c1-22(2,3)28-21(26)11-10-20-17-27-23(4,19-12-14-24-15-13-19)25(20)16-18-8-6-5-7-9-18/h5-9,12-15,20H,10-11,16-17H2,1-4H3/t20-,23+/m0/s1. The van der Waals surface area contributed by atoms with E-state index in [9.17, 15) is 4.79 Å². The highest BCUT2D eigenvalue weighted by Crippen LogP contribution is 2.39. The van der Waals surface area contributed by atoms with Gasteiger partial charge in [0.25, 0.3) is 0 Å². The molecule has 0 amide bonds. The SMILES string of the molecule is CC(C)(C)OC(=O)CC[C@H]1CO[C@](C)(c2ccncc2)N1Cc1ccccc1. The van der Waals surface area contributed by atoms with Gasteiger partial charge in [-0.2, -0.15) is 0 Å². The highest BCUT2D eigenvalue weighted by molar-refractivity contribution is 5.69. The minimum atomic E-state index is -0.558. The van der Waals surface area contributed by atoms with Crippen LogP contribution in [0, 0.1) is 0 Å². The van der Waals surface area contributed by atoms with E-state index in [0.29, 0.717) is 19.4 Å². The summed E-state index contributed by atoms with van der Waals surface area (Å²) in [7, 11) is 0. The second-order valence-corrected chi connectivity index (χ2v) is 8.42. The number of benzene rings is 1. The quantitative estimate of drug-likeness (QED) is 0.698. The molecule has 0 bridgehead atoms. The van der Waals surface area contributed by atoms with E-state index in [1.165, 1.54) is 5.56 Å². The molecule has 1 aliphatic rings. The van der Waals surface area contributed by atoms with E-state index in [2.05, 4.69) is 28.9 Å². The van der Waals surface area contributed by atoms with Gasteiger partial charge in [-0.25, -0.2) is 0 Å². The van der Waals surface area contributed by atoms with Crippen molar-refractivity contribution >= 4 is 5.97 Å². The average molecular weight is 383 g/mol. The van der Waals surface area contributed by atoms with Crippen molar-refractivity contribution in [2.75, 3.05) is 6.61 Å². The molecule has 28 heavy (non-hydrogen) atoms. The Labute approximate surface area is 167 Å². The number of hydrogen-bond acceptors (Lipinski definition) is 5. The molecular weight excluding hydrogens is 352 g/mol. The Morgan fingerprint density at radius 2 is 1.89 bits per heavy atom. The van der Waals surface area contributed by atoms with Crippen LogP contribution in [0.1, 0.15) is 51.7 Å². The molecule has 1 aromatic heterocycles. The Morgan fingerprint density at radius 3 is 2.54 bits per heavy atom. The van der Waals surface area contributed by atoms with Crippen molar-refractivity contribution in [2.24, 2.45) is 0 Å². The van der Waals surface area contributed by atoms with Gasteiger partial charge in [-0.3, -0.25) is 14.7 Å². The lowest BCUT2D eigenvalue weighted by Gasteiger charge is -2.37. The van der Waals surface area contributed by atoms with Gasteiger partial charge < -0.3 is 9.47 Å². The molecule has 1 fully saturated rings. The molecule has 0 aliphatic carbocycles. The summed E-state index contributed by atoms with van der Waals surface area (Å²) in [4.78, 5) is 18.7. The van der Waals surface area contributed by atoms with Crippen LogP contribution in [0.3, 0.4) is 0 Å². The zero-order valence-corrected chi connectivity index (χ0v) is 17.2. The van der Waals surface area contributed by atoms with Crippen LogP contribution in [0.25, 0.3) is 0 Å². The summed E-state index contributed by atoms with van der Waals surface area (Å²) in [6, 6.07) is 14.5. The molecule has 150 valence electrons. The van der Waals surface area contributed by atoms with Crippen LogP contribution < -0.4 is 0 Å². The number of pyridine rings is 1. The van der Waals surface area contributed by atoms with E-state index in [1.54, 1.807) is 12.4 Å². The predicted octanol–water partition coefficient (Wildman–Crippen LogP) is 4.28. The van der Waals surface area contributed by atoms with Crippen LogP contribution in [-0.4, -0.2) is 34.1 Å². The first-order valence-electron chi connectivity index (χ1n) is 9.85. The molecule has 1 saturated heterocycles. The largest absolute Gasteiger partial charge is 0.460 e. The molecule has 5 nitrogen and oxygen atoms in total. The first kappa shape index (κ1) is 20.5. The summed E-state index contributed by atoms with van der Waals surface area (Å²) in [6.07, 6.45) is 4.66. The minimum absolute atomic E-state index is 0.130. The topological polar surface area (TPSA) is 51.7 Å². The fourth-order valence-corrected chi connectivity index (χ4v) is 3.67. The van der Waals surface area contributed by atoms with Gasteiger partial charge in [-0.15, -0.1) is 0 Å². The predicted molar refractivity (Wildman–Crippen MR) is 108 cm³/mol. The third kappa shape index (κ3) is 4.97. The molecule has 2 aromatic rings. The van der Waals surface area contributed by atoms with Crippen molar-refractivity contribution in [3.63, 3.8) is 0 Å². The Hall–Kier alpha value is -2.24. The van der Waals surface area contributed by atoms with Crippen LogP contribution in [0.15, 0.2) is 54.9 Å². The van der Waals surface area contributed by atoms with Gasteiger partial charge in [0.15, 0.2) is 0 Å². The molecule has 0 N–H and O–H groups in total. The molecule has 0 saturated carbocycles. The molecule has 2 heterocycles. The number of nitrogens with zero attached hydrogens (tertiary/aromatic N) is 2. The van der Waals surface area contributed by atoms with Crippen LogP contribution >= 0.6 is 0 Å². The molecule has 1 aromatic carbocycles.